The first kappa shape index (κ1) is 12.3. The Labute approximate surface area is 115 Å². The first-order valence-corrected chi connectivity index (χ1v) is 7.30. The van der Waals surface area contributed by atoms with Crippen molar-refractivity contribution in [2.45, 2.75) is 33.1 Å². The van der Waals surface area contributed by atoms with Crippen LogP contribution in [0.3, 0.4) is 0 Å². The van der Waals surface area contributed by atoms with Crippen molar-refractivity contribution >= 4 is 5.69 Å². The number of hydrogen-bond acceptors (Lipinski definition) is 1. The molecule has 0 aliphatic carbocycles. The van der Waals surface area contributed by atoms with Gasteiger partial charge in [0.2, 0.25) is 0 Å². The average Bonchev–Trinajstić information content (AvgIpc) is 2.93. The minimum atomic E-state index is 1.08. The highest BCUT2D eigenvalue weighted by Gasteiger charge is 2.11. The van der Waals surface area contributed by atoms with Crippen LogP contribution in [0.15, 0.2) is 36.4 Å². The van der Waals surface area contributed by atoms with Gasteiger partial charge in [0, 0.05) is 12.2 Å². The van der Waals surface area contributed by atoms with Crippen LogP contribution in [0.2, 0.25) is 0 Å². The summed E-state index contributed by atoms with van der Waals surface area (Å²) in [5.74, 6) is 0. The molecular formula is C18H21N. The molecule has 0 aromatic heterocycles. The monoisotopic (exact) mass is 251 g/mol. The molecule has 0 atom stereocenters. The first-order valence-electron chi connectivity index (χ1n) is 7.30. The smallest absolute Gasteiger partial charge is 0.0373 e. The molecule has 1 aliphatic rings. The topological polar surface area (TPSA) is 12.0 Å². The summed E-state index contributed by atoms with van der Waals surface area (Å²) >= 11 is 0. The van der Waals surface area contributed by atoms with E-state index in [1.165, 1.54) is 33.5 Å². The second-order valence-corrected chi connectivity index (χ2v) is 5.24. The van der Waals surface area contributed by atoms with E-state index in [4.69, 9.17) is 0 Å². The van der Waals surface area contributed by atoms with Crippen molar-refractivity contribution in [3.63, 3.8) is 0 Å². The lowest BCUT2D eigenvalue weighted by molar-refractivity contribution is 1.04. The fourth-order valence-electron chi connectivity index (χ4n) is 2.96. The van der Waals surface area contributed by atoms with Crippen LogP contribution in [-0.4, -0.2) is 6.54 Å². The van der Waals surface area contributed by atoms with E-state index >= 15 is 0 Å². The zero-order chi connectivity index (χ0) is 13.2. The van der Waals surface area contributed by atoms with Gasteiger partial charge in [-0.3, -0.25) is 0 Å². The van der Waals surface area contributed by atoms with E-state index in [0.717, 1.165) is 25.8 Å². The van der Waals surface area contributed by atoms with Gasteiger partial charge in [0.25, 0.3) is 0 Å². The molecule has 0 bridgehead atoms. The summed E-state index contributed by atoms with van der Waals surface area (Å²) in [7, 11) is 0. The Bertz CT molecular complexity index is 599. The summed E-state index contributed by atoms with van der Waals surface area (Å²) in [6.45, 7) is 5.55. The normalized spacial score (nSPS) is 13.2. The minimum Gasteiger partial charge on any atom is -0.384 e. The lowest BCUT2D eigenvalue weighted by Gasteiger charge is -2.10. The van der Waals surface area contributed by atoms with Crippen molar-refractivity contribution in [2.75, 3.05) is 11.9 Å². The highest BCUT2D eigenvalue weighted by atomic mass is 14.9. The number of nitrogens with one attached hydrogen (secondary N) is 1. The summed E-state index contributed by atoms with van der Waals surface area (Å²) < 4.78 is 0. The molecule has 2 aromatic rings. The predicted molar refractivity (Wildman–Crippen MR) is 82.8 cm³/mol. The molecule has 0 spiro atoms. The Morgan fingerprint density at radius 2 is 1.63 bits per heavy atom. The van der Waals surface area contributed by atoms with Crippen molar-refractivity contribution in [2.24, 2.45) is 0 Å². The molecule has 0 amide bonds. The molecule has 0 unspecified atom stereocenters. The van der Waals surface area contributed by atoms with Gasteiger partial charge in [0.1, 0.15) is 0 Å². The molecule has 1 nitrogen and oxygen atoms in total. The summed E-state index contributed by atoms with van der Waals surface area (Å²) in [4.78, 5) is 0. The number of fused-ring (bicyclic) bond motifs is 1. The van der Waals surface area contributed by atoms with Crippen molar-refractivity contribution < 1.29 is 0 Å². The molecule has 0 saturated heterocycles. The summed E-state index contributed by atoms with van der Waals surface area (Å²) in [5.41, 5.74) is 8.43. The Kier molecular flexibility index (Phi) is 3.29. The van der Waals surface area contributed by atoms with Crippen molar-refractivity contribution in [1.82, 2.24) is 0 Å². The lowest BCUT2D eigenvalue weighted by Crippen LogP contribution is -1.92. The minimum absolute atomic E-state index is 1.08. The van der Waals surface area contributed by atoms with Gasteiger partial charge >= 0.3 is 0 Å². The van der Waals surface area contributed by atoms with E-state index in [1.807, 2.05) is 0 Å². The van der Waals surface area contributed by atoms with Crippen LogP contribution in [0.25, 0.3) is 11.1 Å². The largest absolute Gasteiger partial charge is 0.384 e. The summed E-state index contributed by atoms with van der Waals surface area (Å²) in [6.07, 6.45) is 3.39. The molecule has 1 aliphatic heterocycles. The van der Waals surface area contributed by atoms with Gasteiger partial charge in [-0.2, -0.15) is 0 Å². The summed E-state index contributed by atoms with van der Waals surface area (Å²) in [5, 5.41) is 3.42. The third kappa shape index (κ3) is 2.25. The van der Waals surface area contributed by atoms with Crippen LogP contribution in [0.5, 0.6) is 0 Å². The standard InChI is InChI=1S/C18H21N/c1-3-13-5-6-15(11-14(13)4-2)16-7-8-18-17(12-16)9-10-19-18/h5-8,11-12,19H,3-4,9-10H2,1-2H3. The van der Waals surface area contributed by atoms with Crippen LogP contribution < -0.4 is 5.32 Å². The molecule has 3 rings (SSSR count). The average molecular weight is 251 g/mol. The molecule has 0 fully saturated rings. The van der Waals surface area contributed by atoms with Gasteiger partial charge in [-0.25, -0.2) is 0 Å². The third-order valence-corrected chi connectivity index (χ3v) is 4.12. The molecule has 1 heteroatoms. The van der Waals surface area contributed by atoms with E-state index < -0.39 is 0 Å². The van der Waals surface area contributed by atoms with Gasteiger partial charge < -0.3 is 5.32 Å². The van der Waals surface area contributed by atoms with Crippen molar-refractivity contribution in [3.8, 4) is 11.1 Å². The van der Waals surface area contributed by atoms with Crippen molar-refractivity contribution in [1.29, 1.82) is 0 Å². The Morgan fingerprint density at radius 3 is 2.42 bits per heavy atom. The number of benzene rings is 2. The van der Waals surface area contributed by atoms with Crippen LogP contribution in [0.4, 0.5) is 5.69 Å². The third-order valence-electron chi connectivity index (χ3n) is 4.12. The Morgan fingerprint density at radius 1 is 0.895 bits per heavy atom. The highest BCUT2D eigenvalue weighted by molar-refractivity contribution is 5.70. The van der Waals surface area contributed by atoms with Crippen LogP contribution in [0.1, 0.15) is 30.5 Å². The van der Waals surface area contributed by atoms with E-state index in [1.54, 1.807) is 0 Å². The van der Waals surface area contributed by atoms with Gasteiger partial charge in [-0.15, -0.1) is 0 Å². The number of hydrogen-bond donors (Lipinski definition) is 1. The first-order chi connectivity index (χ1) is 9.31. The van der Waals surface area contributed by atoms with Crippen LogP contribution in [-0.2, 0) is 19.3 Å². The van der Waals surface area contributed by atoms with Gasteiger partial charge in [-0.05, 0) is 59.2 Å². The molecule has 0 saturated carbocycles. The van der Waals surface area contributed by atoms with E-state index in [9.17, 15) is 0 Å². The lowest BCUT2D eigenvalue weighted by atomic mass is 9.95. The zero-order valence-corrected chi connectivity index (χ0v) is 11.8. The van der Waals surface area contributed by atoms with E-state index in [2.05, 4.69) is 55.6 Å². The number of aryl methyl sites for hydroxylation is 2. The molecule has 1 N–H and O–H groups in total. The summed E-state index contributed by atoms with van der Waals surface area (Å²) in [6, 6.07) is 13.7. The molecular weight excluding hydrogens is 230 g/mol. The Balaban J connectivity index is 2.02. The maximum atomic E-state index is 3.42. The quantitative estimate of drug-likeness (QED) is 0.850. The molecule has 19 heavy (non-hydrogen) atoms. The molecule has 2 aromatic carbocycles. The highest BCUT2D eigenvalue weighted by Crippen LogP contribution is 2.29. The van der Waals surface area contributed by atoms with Gasteiger partial charge in [-0.1, -0.05) is 38.1 Å². The zero-order valence-electron chi connectivity index (χ0n) is 11.8. The van der Waals surface area contributed by atoms with Crippen molar-refractivity contribution in [3.05, 3.63) is 53.1 Å². The SMILES string of the molecule is CCc1ccc(-c2ccc3c(c2)CCN3)cc1CC. The van der Waals surface area contributed by atoms with E-state index in [0.29, 0.717) is 0 Å². The molecule has 98 valence electrons. The van der Waals surface area contributed by atoms with Crippen LogP contribution >= 0.6 is 0 Å². The maximum Gasteiger partial charge on any atom is 0.0373 e. The second-order valence-electron chi connectivity index (χ2n) is 5.24. The fourth-order valence-corrected chi connectivity index (χ4v) is 2.96. The van der Waals surface area contributed by atoms with Crippen LogP contribution in [0, 0.1) is 0 Å². The second kappa shape index (κ2) is 5.08. The predicted octanol–water partition coefficient (Wildman–Crippen LogP) is 4.45. The number of anilines is 1. The molecule has 0 radical (unpaired) electrons. The Hall–Kier alpha value is -1.76. The van der Waals surface area contributed by atoms with Gasteiger partial charge in [0.15, 0.2) is 0 Å². The molecule has 1 heterocycles. The fraction of sp³-hybridized carbons (Fsp3) is 0.333. The number of rotatable bonds is 3. The van der Waals surface area contributed by atoms with E-state index in [-0.39, 0.29) is 0 Å². The maximum absolute atomic E-state index is 3.42. The van der Waals surface area contributed by atoms with Gasteiger partial charge in [0.05, 0.1) is 0 Å².